The van der Waals surface area contributed by atoms with Crippen molar-refractivity contribution in [2.45, 2.75) is 19.8 Å². The second-order valence-corrected chi connectivity index (χ2v) is 10.4. The molecule has 36 heavy (non-hydrogen) atoms. The predicted molar refractivity (Wildman–Crippen MR) is 139 cm³/mol. The van der Waals surface area contributed by atoms with Crippen molar-refractivity contribution in [3.05, 3.63) is 88.0 Å². The molecule has 0 aliphatic carbocycles. The number of likely N-dealkylation sites (tertiary alicyclic amines) is 1. The van der Waals surface area contributed by atoms with Crippen molar-refractivity contribution in [1.29, 1.82) is 0 Å². The molecule has 2 heterocycles. The van der Waals surface area contributed by atoms with E-state index in [-0.39, 0.29) is 29.7 Å². The Morgan fingerprint density at radius 3 is 2.64 bits per heavy atom. The summed E-state index contributed by atoms with van der Waals surface area (Å²) in [6.45, 7) is 4.21. The van der Waals surface area contributed by atoms with Crippen LogP contribution in [0.2, 0.25) is 0 Å². The zero-order valence-corrected chi connectivity index (χ0v) is 20.8. The number of aromatic hydroxyl groups is 1. The largest absolute Gasteiger partial charge is 0.508 e. The average molecular weight is 508 g/mol. The van der Waals surface area contributed by atoms with E-state index in [4.69, 9.17) is 4.74 Å². The summed E-state index contributed by atoms with van der Waals surface area (Å²) in [6.07, 6.45) is 1.92. The van der Waals surface area contributed by atoms with Gasteiger partial charge in [0.15, 0.2) is 5.75 Å². The second-order valence-electron chi connectivity index (χ2n) is 9.36. The summed E-state index contributed by atoms with van der Waals surface area (Å²) >= 11 is 1.22. The highest BCUT2D eigenvalue weighted by Gasteiger charge is 2.26. The van der Waals surface area contributed by atoms with Crippen LogP contribution in [-0.4, -0.2) is 42.1 Å². The summed E-state index contributed by atoms with van der Waals surface area (Å²) in [5.74, 6) is 0.498. The minimum atomic E-state index is -0.475. The van der Waals surface area contributed by atoms with E-state index in [0.29, 0.717) is 32.0 Å². The number of aryl methyl sites for hydroxylation is 2. The van der Waals surface area contributed by atoms with Gasteiger partial charge in [0.25, 0.3) is 0 Å². The van der Waals surface area contributed by atoms with Gasteiger partial charge in [-0.25, -0.2) is 4.39 Å². The lowest BCUT2D eigenvalue weighted by atomic mass is 10.0. The zero-order chi connectivity index (χ0) is 25.2. The molecule has 4 aromatic rings. The topological polar surface area (TPSA) is 49.8 Å². The molecule has 0 saturated carbocycles. The average Bonchev–Trinajstić information content (AvgIpc) is 3.19. The van der Waals surface area contributed by atoms with E-state index in [9.17, 15) is 18.7 Å². The molecule has 0 amide bonds. The highest BCUT2D eigenvalue weighted by molar-refractivity contribution is 7.21. The van der Waals surface area contributed by atoms with Gasteiger partial charge in [0.05, 0.1) is 6.67 Å². The lowest BCUT2D eigenvalue weighted by Crippen LogP contribution is -2.47. The second kappa shape index (κ2) is 10.4. The van der Waals surface area contributed by atoms with E-state index >= 15 is 0 Å². The Morgan fingerprint density at radius 1 is 1.11 bits per heavy atom. The fraction of sp³-hybridized carbons (Fsp3) is 0.276. The van der Waals surface area contributed by atoms with E-state index < -0.39 is 5.82 Å². The van der Waals surface area contributed by atoms with Gasteiger partial charge >= 0.3 is 0 Å². The van der Waals surface area contributed by atoms with Crippen LogP contribution < -0.4 is 4.74 Å². The molecule has 0 spiro atoms. The van der Waals surface area contributed by atoms with Gasteiger partial charge < -0.3 is 14.7 Å². The molecule has 5 rings (SSSR count). The predicted octanol–water partition coefficient (Wildman–Crippen LogP) is 6.91. The van der Waals surface area contributed by atoms with Crippen molar-refractivity contribution in [3.63, 3.8) is 0 Å². The fourth-order valence-corrected chi connectivity index (χ4v) is 5.70. The molecule has 3 aromatic carbocycles. The number of fused-ring (bicyclic) bond motifs is 1. The number of halogens is 2. The smallest absolute Gasteiger partial charge is 0.207 e. The maximum atomic E-state index is 13.9. The lowest BCUT2D eigenvalue weighted by Gasteiger charge is -2.37. The third-order valence-corrected chi connectivity index (χ3v) is 7.75. The maximum Gasteiger partial charge on any atom is 0.207 e. The van der Waals surface area contributed by atoms with Crippen LogP contribution in [0.4, 0.5) is 8.78 Å². The number of alkyl halides is 1. The maximum absolute atomic E-state index is 13.9. The van der Waals surface area contributed by atoms with Crippen LogP contribution >= 0.6 is 11.3 Å². The van der Waals surface area contributed by atoms with Gasteiger partial charge in [-0.1, -0.05) is 18.2 Å². The van der Waals surface area contributed by atoms with Crippen molar-refractivity contribution < 1.29 is 23.4 Å². The standard InChI is InChI=1S/C29H27F2NO3S/c1-18-4-7-21(31)13-25(18)27(34)29-28(24-11-8-22(33)14-26(24)36-29)35-23-9-5-19(6-10-23)3-2-12-32-16-20(15-30)17-32/h4-11,13-14,20,33H,2-3,12,15-17H2,1H3. The monoisotopic (exact) mass is 507 g/mol. The van der Waals surface area contributed by atoms with Gasteiger partial charge in [-0.15, -0.1) is 11.3 Å². The van der Waals surface area contributed by atoms with Crippen molar-refractivity contribution in [1.82, 2.24) is 4.90 Å². The van der Waals surface area contributed by atoms with Crippen molar-refractivity contribution in [2.24, 2.45) is 5.92 Å². The molecule has 0 bridgehead atoms. The number of rotatable bonds is 9. The van der Waals surface area contributed by atoms with E-state index in [1.165, 1.54) is 29.0 Å². The first-order valence-corrected chi connectivity index (χ1v) is 12.8. The van der Waals surface area contributed by atoms with Crippen LogP contribution in [-0.2, 0) is 6.42 Å². The molecule has 0 radical (unpaired) electrons. The number of thiophene rings is 1. The van der Waals surface area contributed by atoms with Gasteiger partial charge in [0, 0.05) is 34.7 Å². The molecule has 0 atom stereocenters. The summed E-state index contributed by atoms with van der Waals surface area (Å²) in [6, 6.07) is 16.8. The Morgan fingerprint density at radius 2 is 1.89 bits per heavy atom. The molecule has 7 heteroatoms. The molecule has 1 aliphatic heterocycles. The number of phenols is 1. The molecule has 4 nitrogen and oxygen atoms in total. The van der Waals surface area contributed by atoms with E-state index in [1.54, 1.807) is 31.2 Å². The molecule has 0 unspecified atom stereocenters. The van der Waals surface area contributed by atoms with Gasteiger partial charge in [0.2, 0.25) is 5.78 Å². The number of hydrogen-bond donors (Lipinski definition) is 1. The van der Waals surface area contributed by atoms with E-state index in [2.05, 4.69) is 4.90 Å². The number of carbonyl (C=O) groups is 1. The Hall–Kier alpha value is -3.29. The molecule has 186 valence electrons. The zero-order valence-electron chi connectivity index (χ0n) is 20.0. The quantitative estimate of drug-likeness (QED) is 0.250. The number of hydrogen-bond acceptors (Lipinski definition) is 5. The molecule has 1 N–H and O–H groups in total. The lowest BCUT2D eigenvalue weighted by molar-refractivity contribution is 0.0801. The first-order chi connectivity index (χ1) is 17.4. The number of ketones is 1. The van der Waals surface area contributed by atoms with Crippen LogP contribution in [0.15, 0.2) is 60.7 Å². The van der Waals surface area contributed by atoms with Crippen LogP contribution in [0, 0.1) is 18.7 Å². The number of carbonyl (C=O) groups excluding carboxylic acids is 1. The first kappa shape index (κ1) is 24.4. The van der Waals surface area contributed by atoms with Crippen LogP contribution in [0.5, 0.6) is 17.2 Å². The summed E-state index contributed by atoms with van der Waals surface area (Å²) < 4.78 is 33.4. The Bertz CT molecular complexity index is 1390. The van der Waals surface area contributed by atoms with Crippen molar-refractivity contribution in [3.8, 4) is 17.2 Å². The minimum absolute atomic E-state index is 0.0963. The highest BCUT2D eigenvalue weighted by atomic mass is 32.1. The van der Waals surface area contributed by atoms with E-state index in [0.717, 1.165) is 32.5 Å². The van der Waals surface area contributed by atoms with Gasteiger partial charge in [-0.2, -0.15) is 0 Å². The molecule has 1 saturated heterocycles. The Labute approximate surface area is 212 Å². The summed E-state index contributed by atoms with van der Waals surface area (Å²) in [5, 5.41) is 10.7. The summed E-state index contributed by atoms with van der Waals surface area (Å²) in [4.78, 5) is 16.1. The number of nitrogens with zero attached hydrogens (tertiary/aromatic N) is 1. The van der Waals surface area contributed by atoms with Gasteiger partial charge in [-0.3, -0.25) is 9.18 Å². The van der Waals surface area contributed by atoms with E-state index in [1.807, 2.05) is 24.3 Å². The van der Waals surface area contributed by atoms with Gasteiger partial charge in [0.1, 0.15) is 22.2 Å². The fourth-order valence-electron chi connectivity index (χ4n) is 4.58. The van der Waals surface area contributed by atoms with Crippen LogP contribution in [0.25, 0.3) is 10.1 Å². The van der Waals surface area contributed by atoms with Crippen LogP contribution in [0.3, 0.4) is 0 Å². The van der Waals surface area contributed by atoms with Crippen molar-refractivity contribution in [2.75, 3.05) is 26.3 Å². The molecular weight excluding hydrogens is 480 g/mol. The Kier molecular flexibility index (Phi) is 7.03. The number of benzene rings is 3. The third-order valence-electron chi connectivity index (χ3n) is 6.61. The van der Waals surface area contributed by atoms with Crippen molar-refractivity contribution >= 4 is 27.2 Å². The molecule has 1 fully saturated rings. The third kappa shape index (κ3) is 5.13. The number of ether oxygens (including phenoxy) is 1. The first-order valence-electron chi connectivity index (χ1n) is 12.0. The van der Waals surface area contributed by atoms with Crippen LogP contribution in [0.1, 0.15) is 32.8 Å². The Balaban J connectivity index is 1.35. The minimum Gasteiger partial charge on any atom is -0.508 e. The summed E-state index contributed by atoms with van der Waals surface area (Å²) in [5.41, 5.74) is 2.14. The van der Waals surface area contributed by atoms with Gasteiger partial charge in [-0.05, 0) is 79.9 Å². The molecule has 1 aliphatic rings. The SMILES string of the molecule is Cc1ccc(F)cc1C(=O)c1sc2cc(O)ccc2c1Oc1ccc(CCCN2CC(CF)C2)cc1. The molecular formula is C29H27F2NO3S. The normalized spacial score (nSPS) is 14.2. The highest BCUT2D eigenvalue weighted by Crippen LogP contribution is 2.43. The summed E-state index contributed by atoms with van der Waals surface area (Å²) in [7, 11) is 0. The number of phenolic OH excluding ortho intramolecular Hbond substituents is 1. The molecule has 1 aromatic heterocycles.